The lowest BCUT2D eigenvalue weighted by molar-refractivity contribution is 0.101. The lowest BCUT2D eigenvalue weighted by Gasteiger charge is -2.20. The van der Waals surface area contributed by atoms with Crippen molar-refractivity contribution in [2.75, 3.05) is 12.4 Å². The smallest absolute Gasteiger partial charge is 0.226 e. The summed E-state index contributed by atoms with van der Waals surface area (Å²) in [5.41, 5.74) is 0.903. The molecule has 1 N–H and O–H groups in total. The summed E-state index contributed by atoms with van der Waals surface area (Å²) in [4.78, 5) is 8.82. The lowest BCUT2D eigenvalue weighted by Crippen LogP contribution is -2.30. The molecule has 0 bridgehead atoms. The minimum Gasteiger partial charge on any atom is -0.475 e. The topological polar surface area (TPSA) is 56.3 Å². The monoisotopic (exact) mass is 265 g/mol. The van der Waals surface area contributed by atoms with E-state index in [2.05, 4.69) is 15.3 Å². The van der Waals surface area contributed by atoms with Gasteiger partial charge in [-0.05, 0) is 40.0 Å². The number of nitrogens with zero attached hydrogens (tertiary/aromatic N) is 2. The van der Waals surface area contributed by atoms with Gasteiger partial charge in [-0.3, -0.25) is 0 Å². The van der Waals surface area contributed by atoms with Crippen LogP contribution >= 0.6 is 0 Å². The Morgan fingerprint density at radius 1 is 1.32 bits per heavy atom. The largest absolute Gasteiger partial charge is 0.475 e. The molecular weight excluding hydrogens is 242 g/mol. The van der Waals surface area contributed by atoms with E-state index >= 15 is 0 Å². The van der Waals surface area contributed by atoms with Crippen molar-refractivity contribution in [2.45, 2.75) is 58.3 Å². The van der Waals surface area contributed by atoms with Crippen molar-refractivity contribution in [1.29, 1.82) is 0 Å². The summed E-state index contributed by atoms with van der Waals surface area (Å²) in [7, 11) is 1.76. The summed E-state index contributed by atoms with van der Waals surface area (Å²) in [6.07, 6.45) is 3.72. The van der Waals surface area contributed by atoms with Gasteiger partial charge >= 0.3 is 0 Å². The van der Waals surface area contributed by atoms with Crippen LogP contribution in [0, 0.1) is 6.92 Å². The Bertz CT molecular complexity index is 423. The van der Waals surface area contributed by atoms with Crippen LogP contribution < -0.4 is 10.1 Å². The normalized spacial score (nSPS) is 22.8. The van der Waals surface area contributed by atoms with Crippen molar-refractivity contribution in [3.63, 3.8) is 0 Å². The third-order valence-electron chi connectivity index (χ3n) is 3.26. The van der Waals surface area contributed by atoms with Crippen molar-refractivity contribution in [3.8, 4) is 5.88 Å². The maximum absolute atomic E-state index is 5.63. The molecule has 106 valence electrons. The van der Waals surface area contributed by atoms with E-state index in [9.17, 15) is 0 Å². The molecule has 5 heteroatoms. The van der Waals surface area contributed by atoms with Gasteiger partial charge in [0.15, 0.2) is 0 Å². The average molecular weight is 265 g/mol. The van der Waals surface area contributed by atoms with E-state index in [1.54, 1.807) is 7.11 Å². The third kappa shape index (κ3) is 3.80. The van der Waals surface area contributed by atoms with Gasteiger partial charge in [0, 0.05) is 18.9 Å². The summed E-state index contributed by atoms with van der Waals surface area (Å²) in [5.74, 6) is 1.25. The summed E-state index contributed by atoms with van der Waals surface area (Å²) in [5, 5.41) is 3.37. The van der Waals surface area contributed by atoms with Crippen LogP contribution in [0.1, 0.15) is 38.8 Å². The zero-order valence-corrected chi connectivity index (χ0v) is 12.1. The Morgan fingerprint density at radius 2 is 2.11 bits per heavy atom. The van der Waals surface area contributed by atoms with Gasteiger partial charge in [0.25, 0.3) is 0 Å². The van der Waals surface area contributed by atoms with Gasteiger partial charge in [0.1, 0.15) is 0 Å². The number of aryl methyl sites for hydroxylation is 1. The summed E-state index contributed by atoms with van der Waals surface area (Å²) in [6, 6.07) is 2.15. The Balaban J connectivity index is 2.09. The van der Waals surface area contributed by atoms with Gasteiger partial charge in [0.05, 0.1) is 18.2 Å². The fraction of sp³-hybridized carbons (Fsp3) is 0.714. The number of aromatic nitrogens is 2. The van der Waals surface area contributed by atoms with Crippen LogP contribution in [0.2, 0.25) is 0 Å². The van der Waals surface area contributed by atoms with Crippen LogP contribution in [-0.2, 0) is 4.74 Å². The van der Waals surface area contributed by atoms with Gasteiger partial charge in [-0.15, -0.1) is 0 Å². The fourth-order valence-electron chi connectivity index (χ4n) is 2.45. The molecule has 1 aromatic heterocycles. The Kier molecular flexibility index (Phi) is 4.58. The molecule has 0 spiro atoms. The Morgan fingerprint density at radius 3 is 2.79 bits per heavy atom. The maximum Gasteiger partial charge on any atom is 0.226 e. The molecule has 0 aromatic carbocycles. The van der Waals surface area contributed by atoms with Crippen molar-refractivity contribution in [2.24, 2.45) is 0 Å². The molecule has 0 radical (unpaired) electrons. The highest BCUT2D eigenvalue weighted by Crippen LogP contribution is 2.24. The highest BCUT2D eigenvalue weighted by Gasteiger charge is 2.27. The number of methoxy groups -OCH3 is 1. The molecular formula is C14H23N3O2. The second-order valence-corrected chi connectivity index (χ2v) is 5.29. The van der Waals surface area contributed by atoms with E-state index < -0.39 is 0 Å². The number of ether oxygens (including phenoxy) is 2. The van der Waals surface area contributed by atoms with Gasteiger partial charge in [0.2, 0.25) is 11.8 Å². The van der Waals surface area contributed by atoms with Crippen LogP contribution in [0.25, 0.3) is 0 Å². The SMILES string of the molecule is COC1CCCC1Nc1nc(C)cc(OC(C)C)n1. The second-order valence-electron chi connectivity index (χ2n) is 5.29. The highest BCUT2D eigenvalue weighted by molar-refractivity contribution is 5.32. The molecule has 0 saturated heterocycles. The Labute approximate surface area is 114 Å². The molecule has 2 rings (SSSR count). The number of nitrogens with one attached hydrogen (secondary N) is 1. The maximum atomic E-state index is 5.63. The van der Waals surface area contributed by atoms with Gasteiger partial charge in [-0.1, -0.05) is 0 Å². The predicted octanol–water partition coefficient (Wildman–Crippen LogP) is 2.55. The minimum absolute atomic E-state index is 0.111. The van der Waals surface area contributed by atoms with Gasteiger partial charge in [-0.25, -0.2) is 4.98 Å². The molecule has 5 nitrogen and oxygen atoms in total. The molecule has 0 aliphatic heterocycles. The van der Waals surface area contributed by atoms with Crippen molar-refractivity contribution in [3.05, 3.63) is 11.8 Å². The lowest BCUT2D eigenvalue weighted by atomic mass is 10.2. The summed E-state index contributed by atoms with van der Waals surface area (Å²) >= 11 is 0. The minimum atomic E-state index is 0.111. The standard InChI is InChI=1S/C14H23N3O2/c1-9(2)19-13-8-10(3)15-14(17-13)16-11-6-5-7-12(11)18-4/h8-9,11-12H,5-7H2,1-4H3,(H,15,16,17). The molecule has 1 saturated carbocycles. The molecule has 2 unspecified atom stereocenters. The van der Waals surface area contributed by atoms with Crippen LogP contribution in [0.5, 0.6) is 5.88 Å². The third-order valence-corrected chi connectivity index (χ3v) is 3.26. The van der Waals surface area contributed by atoms with Crippen LogP contribution in [-0.4, -0.2) is 35.3 Å². The van der Waals surface area contributed by atoms with E-state index in [0.29, 0.717) is 17.9 Å². The van der Waals surface area contributed by atoms with Crippen molar-refractivity contribution in [1.82, 2.24) is 9.97 Å². The zero-order valence-electron chi connectivity index (χ0n) is 12.1. The van der Waals surface area contributed by atoms with E-state index in [1.807, 2.05) is 26.8 Å². The first-order chi connectivity index (χ1) is 9.08. The quantitative estimate of drug-likeness (QED) is 0.886. The fourth-order valence-corrected chi connectivity index (χ4v) is 2.45. The number of hydrogen-bond donors (Lipinski definition) is 1. The number of anilines is 1. The molecule has 1 fully saturated rings. The Hall–Kier alpha value is -1.36. The molecule has 0 amide bonds. The van der Waals surface area contributed by atoms with E-state index in [4.69, 9.17) is 9.47 Å². The highest BCUT2D eigenvalue weighted by atomic mass is 16.5. The van der Waals surface area contributed by atoms with E-state index in [0.717, 1.165) is 18.5 Å². The molecule has 1 aliphatic rings. The first-order valence-corrected chi connectivity index (χ1v) is 6.90. The average Bonchev–Trinajstić information content (AvgIpc) is 2.74. The number of rotatable bonds is 5. The van der Waals surface area contributed by atoms with E-state index in [1.165, 1.54) is 6.42 Å². The van der Waals surface area contributed by atoms with Crippen molar-refractivity contribution >= 4 is 5.95 Å². The first kappa shape index (κ1) is 14.1. The van der Waals surface area contributed by atoms with E-state index in [-0.39, 0.29) is 12.2 Å². The molecule has 19 heavy (non-hydrogen) atoms. The molecule has 1 heterocycles. The zero-order chi connectivity index (χ0) is 13.8. The first-order valence-electron chi connectivity index (χ1n) is 6.90. The van der Waals surface area contributed by atoms with Crippen molar-refractivity contribution < 1.29 is 9.47 Å². The van der Waals surface area contributed by atoms with Crippen LogP contribution in [0.15, 0.2) is 6.07 Å². The van der Waals surface area contributed by atoms with Crippen LogP contribution in [0.4, 0.5) is 5.95 Å². The van der Waals surface area contributed by atoms with Gasteiger partial charge < -0.3 is 14.8 Å². The molecule has 1 aromatic rings. The summed E-state index contributed by atoms with van der Waals surface area (Å²) < 4.78 is 11.1. The summed E-state index contributed by atoms with van der Waals surface area (Å²) in [6.45, 7) is 5.92. The predicted molar refractivity (Wildman–Crippen MR) is 74.6 cm³/mol. The second kappa shape index (κ2) is 6.19. The van der Waals surface area contributed by atoms with Gasteiger partial charge in [-0.2, -0.15) is 4.98 Å². The molecule has 2 atom stereocenters. The van der Waals surface area contributed by atoms with Crippen LogP contribution in [0.3, 0.4) is 0 Å². The number of hydrogen-bond acceptors (Lipinski definition) is 5. The molecule has 1 aliphatic carbocycles.